The Morgan fingerprint density at radius 2 is 1.86 bits per heavy atom. The van der Waals surface area contributed by atoms with Crippen molar-refractivity contribution < 1.29 is 9.59 Å². The van der Waals surface area contributed by atoms with Gasteiger partial charge in [0.25, 0.3) is 5.91 Å². The highest BCUT2D eigenvalue weighted by Gasteiger charge is 2.20. The molecule has 2 rings (SSSR count). The Balaban J connectivity index is 2.29. The normalized spacial score (nSPS) is 11.7. The van der Waals surface area contributed by atoms with E-state index in [1.165, 1.54) is 0 Å². The second-order valence-electron chi connectivity index (χ2n) is 4.87. The summed E-state index contributed by atoms with van der Waals surface area (Å²) in [6.45, 7) is 3.67. The molecule has 0 aromatic carbocycles. The van der Waals surface area contributed by atoms with Gasteiger partial charge in [0.1, 0.15) is 5.69 Å². The molecule has 0 saturated heterocycles. The summed E-state index contributed by atoms with van der Waals surface area (Å²) in [5.41, 5.74) is 1.56. The molecule has 1 atom stereocenters. The van der Waals surface area contributed by atoms with Crippen molar-refractivity contribution in [2.24, 2.45) is 0 Å². The number of ketones is 1. The fourth-order valence-electron chi connectivity index (χ4n) is 2.19. The zero-order valence-electron chi connectivity index (χ0n) is 12.7. The van der Waals surface area contributed by atoms with Gasteiger partial charge in [0.05, 0.1) is 17.3 Å². The molecule has 1 unspecified atom stereocenters. The van der Waals surface area contributed by atoms with Crippen LogP contribution in [0.1, 0.15) is 37.0 Å². The second-order valence-corrected chi connectivity index (χ2v) is 4.87. The van der Waals surface area contributed by atoms with Crippen molar-refractivity contribution in [3.63, 3.8) is 0 Å². The lowest BCUT2D eigenvalue weighted by Gasteiger charge is -2.16. The van der Waals surface area contributed by atoms with Crippen molar-refractivity contribution >= 4 is 11.7 Å². The second kappa shape index (κ2) is 7.45. The van der Waals surface area contributed by atoms with Gasteiger partial charge in [-0.3, -0.25) is 19.6 Å². The molecule has 5 heteroatoms. The van der Waals surface area contributed by atoms with Crippen LogP contribution in [0.15, 0.2) is 42.7 Å². The fourth-order valence-corrected chi connectivity index (χ4v) is 2.19. The minimum Gasteiger partial charge on any atom is -0.342 e. The molecule has 0 saturated carbocycles. The number of Topliss-reactive ketones (excluding diaryl/α,β-unsaturated/α-hetero) is 1. The van der Waals surface area contributed by atoms with Gasteiger partial charge >= 0.3 is 0 Å². The molecule has 0 aliphatic heterocycles. The van der Waals surface area contributed by atoms with E-state index in [9.17, 15) is 9.59 Å². The number of rotatable bonds is 6. The monoisotopic (exact) mass is 297 g/mol. The molecule has 0 radical (unpaired) electrons. The van der Waals surface area contributed by atoms with E-state index in [4.69, 9.17) is 0 Å². The fraction of sp³-hybridized carbons (Fsp3) is 0.294. The molecule has 2 aromatic rings. The number of hydrogen-bond acceptors (Lipinski definition) is 4. The first-order valence-corrected chi connectivity index (χ1v) is 7.37. The summed E-state index contributed by atoms with van der Waals surface area (Å²) in [6.07, 6.45) is 4.24. The van der Waals surface area contributed by atoms with Crippen molar-refractivity contribution in [2.75, 3.05) is 0 Å². The van der Waals surface area contributed by atoms with Gasteiger partial charge < -0.3 is 5.32 Å². The Hall–Kier alpha value is -2.56. The molecule has 1 amide bonds. The minimum atomic E-state index is -0.464. The number of carbonyl (C=O) groups excluding carboxylic acids is 2. The molecule has 2 heterocycles. The number of aromatic nitrogens is 2. The van der Waals surface area contributed by atoms with E-state index in [1.807, 2.05) is 13.0 Å². The van der Waals surface area contributed by atoms with Gasteiger partial charge in [0.2, 0.25) is 0 Å². The molecule has 0 fully saturated rings. The molecular weight excluding hydrogens is 278 g/mol. The Kier molecular flexibility index (Phi) is 5.36. The Bertz CT molecular complexity index is 656. The lowest BCUT2D eigenvalue weighted by atomic mass is 10.1. The lowest BCUT2D eigenvalue weighted by Crippen LogP contribution is -2.40. The molecule has 1 N–H and O–H groups in total. The van der Waals surface area contributed by atoms with Gasteiger partial charge in [-0.05, 0) is 30.7 Å². The van der Waals surface area contributed by atoms with Crippen molar-refractivity contribution in [3.05, 3.63) is 48.3 Å². The average molecular weight is 297 g/mol. The summed E-state index contributed by atoms with van der Waals surface area (Å²) in [4.78, 5) is 32.8. The first-order valence-electron chi connectivity index (χ1n) is 7.37. The van der Waals surface area contributed by atoms with E-state index < -0.39 is 6.04 Å². The molecule has 0 spiro atoms. The summed E-state index contributed by atoms with van der Waals surface area (Å²) < 4.78 is 0. The molecule has 0 bridgehead atoms. The van der Waals surface area contributed by atoms with Gasteiger partial charge in [-0.25, -0.2) is 0 Å². The third-order valence-corrected chi connectivity index (χ3v) is 3.41. The van der Waals surface area contributed by atoms with Crippen LogP contribution in [-0.4, -0.2) is 27.7 Å². The zero-order chi connectivity index (χ0) is 15.9. The maximum atomic E-state index is 12.5. The van der Waals surface area contributed by atoms with E-state index in [0.29, 0.717) is 29.8 Å². The van der Waals surface area contributed by atoms with Crippen LogP contribution >= 0.6 is 0 Å². The Morgan fingerprint density at radius 3 is 2.50 bits per heavy atom. The zero-order valence-corrected chi connectivity index (χ0v) is 12.7. The highest BCUT2D eigenvalue weighted by Crippen LogP contribution is 2.18. The van der Waals surface area contributed by atoms with Crippen LogP contribution in [0, 0.1) is 0 Å². The van der Waals surface area contributed by atoms with Crippen LogP contribution in [0.2, 0.25) is 0 Å². The number of pyridine rings is 2. The van der Waals surface area contributed by atoms with Crippen LogP contribution in [0.5, 0.6) is 0 Å². The van der Waals surface area contributed by atoms with Gasteiger partial charge in [0, 0.05) is 18.8 Å². The van der Waals surface area contributed by atoms with E-state index in [-0.39, 0.29) is 11.7 Å². The largest absolute Gasteiger partial charge is 0.342 e. The summed E-state index contributed by atoms with van der Waals surface area (Å²) in [7, 11) is 0. The summed E-state index contributed by atoms with van der Waals surface area (Å²) in [5, 5.41) is 2.79. The number of nitrogens with one attached hydrogen (secondary N) is 1. The third kappa shape index (κ3) is 3.55. The predicted octanol–water partition coefficient (Wildman–Crippen LogP) is 2.63. The smallest absolute Gasteiger partial charge is 0.254 e. The molecule has 114 valence electrons. The number of amides is 1. The number of nitrogens with zero attached hydrogens (tertiary/aromatic N) is 2. The standard InChI is InChI=1S/C17H19N3O2/c1-3-13(15(21)4-2)20-17(22)12-8-7-11-19-16(12)14-9-5-6-10-18-14/h5-11,13H,3-4H2,1-2H3,(H,20,22). The number of carbonyl (C=O) groups is 2. The maximum absolute atomic E-state index is 12.5. The average Bonchev–Trinajstić information content (AvgIpc) is 2.59. The SMILES string of the molecule is CCC(=O)C(CC)NC(=O)c1cccnc1-c1ccccn1. The molecule has 5 nitrogen and oxygen atoms in total. The van der Waals surface area contributed by atoms with Crippen molar-refractivity contribution in [2.45, 2.75) is 32.7 Å². The van der Waals surface area contributed by atoms with Gasteiger partial charge in [-0.1, -0.05) is 19.9 Å². The van der Waals surface area contributed by atoms with E-state index in [1.54, 1.807) is 43.6 Å². The Morgan fingerprint density at radius 1 is 1.09 bits per heavy atom. The first kappa shape index (κ1) is 15.8. The predicted molar refractivity (Wildman–Crippen MR) is 84.3 cm³/mol. The van der Waals surface area contributed by atoms with Crippen LogP contribution in [0.4, 0.5) is 0 Å². The third-order valence-electron chi connectivity index (χ3n) is 3.41. The van der Waals surface area contributed by atoms with Crippen LogP contribution in [-0.2, 0) is 4.79 Å². The maximum Gasteiger partial charge on any atom is 0.254 e. The highest BCUT2D eigenvalue weighted by atomic mass is 16.2. The topological polar surface area (TPSA) is 72.0 Å². The van der Waals surface area contributed by atoms with Crippen LogP contribution < -0.4 is 5.32 Å². The molecular formula is C17H19N3O2. The molecule has 0 aliphatic carbocycles. The van der Waals surface area contributed by atoms with Gasteiger partial charge in [0.15, 0.2) is 5.78 Å². The highest BCUT2D eigenvalue weighted by molar-refractivity contribution is 6.01. The molecule has 22 heavy (non-hydrogen) atoms. The number of hydrogen-bond donors (Lipinski definition) is 1. The van der Waals surface area contributed by atoms with Crippen LogP contribution in [0.3, 0.4) is 0 Å². The van der Waals surface area contributed by atoms with Crippen molar-refractivity contribution in [3.8, 4) is 11.4 Å². The summed E-state index contributed by atoms with van der Waals surface area (Å²) >= 11 is 0. The summed E-state index contributed by atoms with van der Waals surface area (Å²) in [5.74, 6) is -0.276. The van der Waals surface area contributed by atoms with Gasteiger partial charge in [-0.15, -0.1) is 0 Å². The van der Waals surface area contributed by atoms with E-state index in [0.717, 1.165) is 0 Å². The first-order chi connectivity index (χ1) is 10.7. The van der Waals surface area contributed by atoms with Crippen LogP contribution in [0.25, 0.3) is 11.4 Å². The van der Waals surface area contributed by atoms with E-state index in [2.05, 4.69) is 15.3 Å². The summed E-state index contributed by atoms with van der Waals surface area (Å²) in [6, 6.07) is 8.37. The Labute approximate surface area is 129 Å². The molecule has 0 aliphatic rings. The van der Waals surface area contributed by atoms with Crippen molar-refractivity contribution in [1.82, 2.24) is 15.3 Å². The van der Waals surface area contributed by atoms with Crippen molar-refractivity contribution in [1.29, 1.82) is 0 Å². The quantitative estimate of drug-likeness (QED) is 0.889. The minimum absolute atomic E-state index is 0.0270. The van der Waals surface area contributed by atoms with Gasteiger partial charge in [-0.2, -0.15) is 0 Å². The lowest BCUT2D eigenvalue weighted by molar-refractivity contribution is -0.120. The molecule has 2 aromatic heterocycles. The van der Waals surface area contributed by atoms with E-state index >= 15 is 0 Å².